The van der Waals surface area contributed by atoms with Gasteiger partial charge in [0.1, 0.15) is 0 Å². The summed E-state index contributed by atoms with van der Waals surface area (Å²) < 4.78 is 0. The number of fused-ring (bicyclic) bond motifs is 5. The molecule has 0 heterocycles. The van der Waals surface area contributed by atoms with Gasteiger partial charge in [-0.15, -0.1) is 0 Å². The maximum Gasteiger partial charge on any atom is 0.156 e. The first-order valence-electron chi connectivity index (χ1n) is 9.05. The Morgan fingerprint density at radius 1 is 1.18 bits per heavy atom. The third-order valence-corrected chi connectivity index (χ3v) is 7.57. The molecule has 0 aromatic heterocycles. The topological polar surface area (TPSA) is 17.1 Å². The molecule has 0 N–H and O–H groups in total. The minimum absolute atomic E-state index is 0.156. The zero-order valence-corrected chi connectivity index (χ0v) is 14.2. The van der Waals surface area contributed by atoms with Crippen LogP contribution in [0.3, 0.4) is 0 Å². The molecule has 0 aromatic rings. The van der Waals surface area contributed by atoms with Crippen LogP contribution in [-0.2, 0) is 4.79 Å². The Kier molecular flexibility index (Phi) is 3.09. The van der Waals surface area contributed by atoms with Gasteiger partial charge >= 0.3 is 0 Å². The Morgan fingerprint density at radius 3 is 2.77 bits per heavy atom. The van der Waals surface area contributed by atoms with Crippen molar-refractivity contribution in [3.63, 3.8) is 0 Å². The van der Waals surface area contributed by atoms with Crippen LogP contribution in [0.5, 0.6) is 0 Å². The predicted molar refractivity (Wildman–Crippen MR) is 90.4 cm³/mol. The first-order chi connectivity index (χ1) is 10.5. The number of hydrogen-bond acceptors (Lipinski definition) is 1. The molecule has 0 saturated heterocycles. The highest BCUT2D eigenvalue weighted by Gasteiger charge is 2.56. The Balaban J connectivity index is 1.69. The second kappa shape index (κ2) is 4.69. The van der Waals surface area contributed by atoms with Gasteiger partial charge in [0.05, 0.1) is 0 Å². The van der Waals surface area contributed by atoms with E-state index in [4.69, 9.17) is 0 Å². The Hall–Kier alpha value is -1.11. The van der Waals surface area contributed by atoms with Gasteiger partial charge in [0.2, 0.25) is 0 Å². The number of hydrogen-bond donors (Lipinski definition) is 0. The molecule has 0 spiro atoms. The maximum atomic E-state index is 12.1. The summed E-state index contributed by atoms with van der Waals surface area (Å²) in [5.74, 6) is 2.57. The van der Waals surface area contributed by atoms with Gasteiger partial charge in [0.15, 0.2) is 5.78 Å². The van der Waals surface area contributed by atoms with E-state index in [1.165, 1.54) is 25.7 Å². The lowest BCUT2D eigenvalue weighted by molar-refractivity contribution is -0.115. The van der Waals surface area contributed by atoms with Gasteiger partial charge in [-0.1, -0.05) is 43.7 Å². The molecule has 0 unspecified atom stereocenters. The Morgan fingerprint density at radius 2 is 2.00 bits per heavy atom. The molecule has 0 amide bonds. The fraction of sp³-hybridized carbons (Fsp3) is 0.667. The molecular formula is C21H28O. The number of allylic oxidation sites excluding steroid dienone is 6. The molecule has 0 aliphatic heterocycles. The third kappa shape index (κ3) is 1.74. The van der Waals surface area contributed by atoms with Gasteiger partial charge in [0, 0.05) is 5.41 Å². The van der Waals surface area contributed by atoms with Gasteiger partial charge in [0.25, 0.3) is 0 Å². The molecule has 4 aliphatic carbocycles. The maximum absolute atomic E-state index is 12.1. The smallest absolute Gasteiger partial charge is 0.156 e. The predicted octanol–water partition coefficient (Wildman–Crippen LogP) is 5.24. The van der Waals surface area contributed by atoms with Crippen molar-refractivity contribution in [2.75, 3.05) is 0 Å². The molecule has 2 saturated carbocycles. The van der Waals surface area contributed by atoms with Crippen LogP contribution < -0.4 is 0 Å². The minimum atomic E-state index is 0.156. The van der Waals surface area contributed by atoms with Crippen LogP contribution in [-0.4, -0.2) is 5.78 Å². The normalized spacial score (nSPS) is 46.2. The first kappa shape index (κ1) is 14.5. The second-order valence-corrected chi connectivity index (χ2v) is 8.43. The summed E-state index contributed by atoms with van der Waals surface area (Å²) in [6.07, 6.45) is 17.0. The summed E-state index contributed by atoms with van der Waals surface area (Å²) in [4.78, 5) is 12.1. The average molecular weight is 296 g/mol. The van der Waals surface area contributed by atoms with Crippen LogP contribution in [0.15, 0.2) is 35.5 Å². The van der Waals surface area contributed by atoms with Crippen LogP contribution in [0, 0.1) is 28.6 Å². The highest BCUT2D eigenvalue weighted by molar-refractivity contribution is 5.95. The lowest BCUT2D eigenvalue weighted by atomic mass is 9.48. The van der Waals surface area contributed by atoms with Crippen molar-refractivity contribution in [2.24, 2.45) is 28.6 Å². The monoisotopic (exact) mass is 296 g/mol. The molecule has 5 atom stereocenters. The molecule has 0 aromatic carbocycles. The van der Waals surface area contributed by atoms with Crippen LogP contribution in [0.25, 0.3) is 0 Å². The van der Waals surface area contributed by atoms with E-state index >= 15 is 0 Å². The molecule has 2 fully saturated rings. The molecule has 0 bridgehead atoms. The quantitative estimate of drug-likeness (QED) is 0.605. The molecule has 118 valence electrons. The SMILES string of the molecule is CC(=O)C1=CC[C@H]2[C@@H]3CCC4=CCC=C[C@]4(C)[C@H]3CC[C@]12C. The van der Waals surface area contributed by atoms with Crippen molar-refractivity contribution in [1.29, 1.82) is 0 Å². The molecule has 1 heteroatoms. The average Bonchev–Trinajstić information content (AvgIpc) is 2.84. The molecule has 0 radical (unpaired) electrons. The van der Waals surface area contributed by atoms with Crippen LogP contribution in [0.1, 0.15) is 59.3 Å². The molecular weight excluding hydrogens is 268 g/mol. The van der Waals surface area contributed by atoms with E-state index in [1.807, 2.05) is 0 Å². The van der Waals surface area contributed by atoms with Gasteiger partial charge in [-0.25, -0.2) is 0 Å². The summed E-state index contributed by atoms with van der Waals surface area (Å²) in [5.41, 5.74) is 3.28. The fourth-order valence-corrected chi connectivity index (χ4v) is 6.45. The van der Waals surface area contributed by atoms with E-state index in [9.17, 15) is 4.79 Å². The van der Waals surface area contributed by atoms with Gasteiger partial charge in [-0.3, -0.25) is 4.79 Å². The highest BCUT2D eigenvalue weighted by Crippen LogP contribution is 2.64. The van der Waals surface area contributed by atoms with E-state index in [0.717, 1.165) is 30.3 Å². The van der Waals surface area contributed by atoms with E-state index in [1.54, 1.807) is 12.5 Å². The van der Waals surface area contributed by atoms with Crippen molar-refractivity contribution in [2.45, 2.75) is 59.3 Å². The largest absolute Gasteiger partial charge is 0.295 e. The third-order valence-electron chi connectivity index (χ3n) is 7.57. The Bertz CT molecular complexity index is 607. The number of rotatable bonds is 1. The summed E-state index contributed by atoms with van der Waals surface area (Å²) in [5, 5.41) is 0. The first-order valence-corrected chi connectivity index (χ1v) is 9.05. The summed E-state index contributed by atoms with van der Waals surface area (Å²) in [7, 11) is 0. The van der Waals surface area contributed by atoms with Crippen molar-refractivity contribution >= 4 is 5.78 Å². The number of Topliss-reactive ketones (excluding diaryl/α,β-unsaturated/α-hetero) is 1. The lowest BCUT2D eigenvalue weighted by Gasteiger charge is -2.56. The lowest BCUT2D eigenvalue weighted by Crippen LogP contribution is -2.49. The van der Waals surface area contributed by atoms with Gasteiger partial charge in [-0.05, 0) is 74.2 Å². The molecule has 22 heavy (non-hydrogen) atoms. The number of carbonyl (C=O) groups excluding carboxylic acids is 1. The fourth-order valence-electron chi connectivity index (χ4n) is 6.45. The van der Waals surface area contributed by atoms with E-state index in [2.05, 4.69) is 38.2 Å². The van der Waals surface area contributed by atoms with Crippen molar-refractivity contribution in [1.82, 2.24) is 0 Å². The summed E-state index contributed by atoms with van der Waals surface area (Å²) in [6, 6.07) is 0. The number of carbonyl (C=O) groups is 1. The van der Waals surface area contributed by atoms with Gasteiger partial charge in [-0.2, -0.15) is 0 Å². The minimum Gasteiger partial charge on any atom is -0.295 e. The number of ketones is 1. The van der Waals surface area contributed by atoms with Crippen LogP contribution >= 0.6 is 0 Å². The van der Waals surface area contributed by atoms with E-state index < -0.39 is 0 Å². The van der Waals surface area contributed by atoms with Crippen LogP contribution in [0.2, 0.25) is 0 Å². The van der Waals surface area contributed by atoms with E-state index in [-0.39, 0.29) is 5.41 Å². The molecule has 1 nitrogen and oxygen atoms in total. The molecule has 4 rings (SSSR count). The van der Waals surface area contributed by atoms with Crippen molar-refractivity contribution in [3.05, 3.63) is 35.5 Å². The zero-order chi connectivity index (χ0) is 15.5. The summed E-state index contributed by atoms with van der Waals surface area (Å²) in [6.45, 7) is 6.61. The Labute approximate surface area is 134 Å². The highest BCUT2D eigenvalue weighted by atomic mass is 16.1. The standard InChI is InChI=1S/C21H28O/c1-14(22)17-9-10-18-16-8-7-15-6-4-5-12-20(15,2)19(16)11-13-21(17,18)3/h5-6,9,12,16,18-19H,4,7-8,10-11,13H2,1-3H3/t16-,18-,19-,20-,21+/m0/s1. The summed E-state index contributed by atoms with van der Waals surface area (Å²) >= 11 is 0. The van der Waals surface area contributed by atoms with Crippen molar-refractivity contribution < 1.29 is 4.79 Å². The van der Waals surface area contributed by atoms with Gasteiger partial charge < -0.3 is 0 Å². The van der Waals surface area contributed by atoms with E-state index in [0.29, 0.717) is 17.1 Å². The zero-order valence-electron chi connectivity index (χ0n) is 14.2. The van der Waals surface area contributed by atoms with Crippen molar-refractivity contribution in [3.8, 4) is 0 Å². The van der Waals surface area contributed by atoms with Crippen LogP contribution in [0.4, 0.5) is 0 Å². The molecule has 4 aliphatic rings. The second-order valence-electron chi connectivity index (χ2n) is 8.43.